The summed E-state index contributed by atoms with van der Waals surface area (Å²) < 4.78 is 13.2. The van der Waals surface area contributed by atoms with E-state index in [4.69, 9.17) is 5.73 Å². The molecule has 2 N–H and O–H groups in total. The number of hydrogen-bond donors (Lipinski definition) is 1. The molecule has 3 heteroatoms. The van der Waals surface area contributed by atoms with E-state index < -0.39 is 0 Å². The average molecular weight is 252 g/mol. The summed E-state index contributed by atoms with van der Waals surface area (Å²) >= 11 is 0. The third-order valence-electron chi connectivity index (χ3n) is 3.19. The molecule has 1 unspecified atom stereocenters. The van der Waals surface area contributed by atoms with Gasteiger partial charge in [-0.3, -0.25) is 4.98 Å². The van der Waals surface area contributed by atoms with Crippen LogP contribution in [0.1, 0.15) is 17.2 Å². The number of benzene rings is 2. The molecule has 0 saturated heterocycles. The lowest BCUT2D eigenvalue weighted by molar-refractivity contribution is 0.623. The molecule has 0 radical (unpaired) electrons. The Hall–Kier alpha value is -2.26. The van der Waals surface area contributed by atoms with E-state index in [1.54, 1.807) is 12.3 Å². The summed E-state index contributed by atoms with van der Waals surface area (Å²) in [6.45, 7) is 0. The molecule has 3 rings (SSSR count). The molecule has 0 fully saturated rings. The zero-order valence-corrected chi connectivity index (χ0v) is 10.3. The van der Waals surface area contributed by atoms with Crippen LogP contribution in [0.5, 0.6) is 0 Å². The standard InChI is InChI=1S/C16H13FN2/c17-14-5-1-3-12(10-14)16(18)13-6-7-15-11(9-13)4-2-8-19-15/h1-10,16H,18H2. The van der Waals surface area contributed by atoms with Crippen molar-refractivity contribution >= 4 is 10.9 Å². The van der Waals surface area contributed by atoms with Crippen molar-refractivity contribution in [1.82, 2.24) is 4.98 Å². The van der Waals surface area contributed by atoms with Crippen LogP contribution in [0.15, 0.2) is 60.8 Å². The van der Waals surface area contributed by atoms with E-state index in [2.05, 4.69) is 4.98 Å². The van der Waals surface area contributed by atoms with Gasteiger partial charge in [-0.05, 0) is 41.5 Å². The molecule has 0 spiro atoms. The SMILES string of the molecule is NC(c1cccc(F)c1)c1ccc2ncccc2c1. The quantitative estimate of drug-likeness (QED) is 0.759. The van der Waals surface area contributed by atoms with Crippen LogP contribution in [0.2, 0.25) is 0 Å². The van der Waals surface area contributed by atoms with Gasteiger partial charge in [-0.25, -0.2) is 4.39 Å². The second-order valence-corrected chi connectivity index (χ2v) is 4.49. The molecule has 2 aromatic carbocycles. The molecule has 1 aromatic heterocycles. The fraction of sp³-hybridized carbons (Fsp3) is 0.0625. The Morgan fingerprint density at radius 2 is 1.79 bits per heavy atom. The first-order chi connectivity index (χ1) is 9.24. The molecule has 19 heavy (non-hydrogen) atoms. The van der Waals surface area contributed by atoms with E-state index in [1.807, 2.05) is 36.4 Å². The van der Waals surface area contributed by atoms with Gasteiger partial charge in [0.15, 0.2) is 0 Å². The van der Waals surface area contributed by atoms with E-state index in [-0.39, 0.29) is 11.9 Å². The number of nitrogens with two attached hydrogens (primary N) is 1. The van der Waals surface area contributed by atoms with Crippen molar-refractivity contribution in [3.05, 3.63) is 77.7 Å². The minimum atomic E-state index is -0.333. The largest absolute Gasteiger partial charge is 0.320 e. The average Bonchev–Trinajstić information content (AvgIpc) is 2.46. The van der Waals surface area contributed by atoms with Gasteiger partial charge < -0.3 is 5.73 Å². The van der Waals surface area contributed by atoms with E-state index in [0.717, 1.165) is 22.0 Å². The Labute approximate surface area is 110 Å². The minimum absolute atomic E-state index is 0.268. The second-order valence-electron chi connectivity index (χ2n) is 4.49. The fourth-order valence-electron chi connectivity index (χ4n) is 2.18. The Morgan fingerprint density at radius 3 is 2.63 bits per heavy atom. The topological polar surface area (TPSA) is 38.9 Å². The Morgan fingerprint density at radius 1 is 0.947 bits per heavy atom. The van der Waals surface area contributed by atoms with Gasteiger partial charge in [-0.2, -0.15) is 0 Å². The number of fused-ring (bicyclic) bond motifs is 1. The number of nitrogens with zero attached hydrogens (tertiary/aromatic N) is 1. The van der Waals surface area contributed by atoms with Crippen LogP contribution >= 0.6 is 0 Å². The van der Waals surface area contributed by atoms with Crippen molar-refractivity contribution in [2.24, 2.45) is 5.73 Å². The van der Waals surface area contributed by atoms with Gasteiger partial charge >= 0.3 is 0 Å². The zero-order chi connectivity index (χ0) is 13.2. The number of pyridine rings is 1. The molecule has 1 atom stereocenters. The molecule has 0 bridgehead atoms. The lowest BCUT2D eigenvalue weighted by atomic mass is 9.98. The fourth-order valence-corrected chi connectivity index (χ4v) is 2.18. The van der Waals surface area contributed by atoms with Crippen LogP contribution in [0, 0.1) is 5.82 Å². The van der Waals surface area contributed by atoms with Gasteiger partial charge in [0.05, 0.1) is 11.6 Å². The second kappa shape index (κ2) is 4.78. The van der Waals surface area contributed by atoms with Crippen LogP contribution in [0.3, 0.4) is 0 Å². The summed E-state index contributed by atoms with van der Waals surface area (Å²) in [6, 6.07) is 15.8. The molecule has 1 heterocycles. The number of halogens is 1. The van der Waals surface area contributed by atoms with Gasteiger partial charge in [0, 0.05) is 11.6 Å². The van der Waals surface area contributed by atoms with Crippen LogP contribution in [-0.4, -0.2) is 4.98 Å². The summed E-state index contributed by atoms with van der Waals surface area (Å²) in [6.07, 6.45) is 1.76. The number of rotatable bonds is 2. The highest BCUT2D eigenvalue weighted by Crippen LogP contribution is 2.23. The van der Waals surface area contributed by atoms with Gasteiger partial charge in [0.25, 0.3) is 0 Å². The number of hydrogen-bond acceptors (Lipinski definition) is 2. The first-order valence-electron chi connectivity index (χ1n) is 6.10. The summed E-state index contributed by atoms with van der Waals surface area (Å²) in [5.74, 6) is -0.268. The molecular formula is C16H13FN2. The highest BCUT2D eigenvalue weighted by Gasteiger charge is 2.10. The third kappa shape index (κ3) is 2.33. The maximum Gasteiger partial charge on any atom is 0.123 e. The van der Waals surface area contributed by atoms with Crippen molar-refractivity contribution < 1.29 is 4.39 Å². The minimum Gasteiger partial charge on any atom is -0.320 e. The predicted molar refractivity (Wildman–Crippen MR) is 74.2 cm³/mol. The van der Waals surface area contributed by atoms with Gasteiger partial charge in [0.1, 0.15) is 5.82 Å². The molecule has 2 nitrogen and oxygen atoms in total. The Balaban J connectivity index is 2.04. The monoisotopic (exact) mass is 252 g/mol. The third-order valence-corrected chi connectivity index (χ3v) is 3.19. The summed E-state index contributed by atoms with van der Waals surface area (Å²) in [7, 11) is 0. The summed E-state index contributed by atoms with van der Waals surface area (Å²) in [4.78, 5) is 4.27. The first-order valence-corrected chi connectivity index (χ1v) is 6.10. The smallest absolute Gasteiger partial charge is 0.123 e. The van der Waals surface area contributed by atoms with Crippen molar-refractivity contribution in [2.75, 3.05) is 0 Å². The van der Waals surface area contributed by atoms with Gasteiger partial charge in [0.2, 0.25) is 0 Å². The van der Waals surface area contributed by atoms with E-state index in [0.29, 0.717) is 0 Å². The molecular weight excluding hydrogens is 239 g/mol. The lowest BCUT2D eigenvalue weighted by Crippen LogP contribution is -2.11. The normalized spacial score (nSPS) is 12.5. The van der Waals surface area contributed by atoms with Crippen molar-refractivity contribution in [3.8, 4) is 0 Å². The molecule has 0 aliphatic heterocycles. The maximum atomic E-state index is 13.2. The van der Waals surface area contributed by atoms with Crippen LogP contribution in [-0.2, 0) is 0 Å². The predicted octanol–water partition coefficient (Wildman–Crippen LogP) is 3.42. The van der Waals surface area contributed by atoms with Crippen molar-refractivity contribution in [3.63, 3.8) is 0 Å². The van der Waals surface area contributed by atoms with Crippen molar-refractivity contribution in [2.45, 2.75) is 6.04 Å². The Bertz CT molecular complexity index is 725. The van der Waals surface area contributed by atoms with Crippen LogP contribution in [0.25, 0.3) is 10.9 Å². The van der Waals surface area contributed by atoms with Gasteiger partial charge in [-0.1, -0.05) is 24.3 Å². The summed E-state index contributed by atoms with van der Waals surface area (Å²) in [5, 5.41) is 1.03. The highest BCUT2D eigenvalue weighted by molar-refractivity contribution is 5.79. The van der Waals surface area contributed by atoms with Crippen molar-refractivity contribution in [1.29, 1.82) is 0 Å². The molecule has 3 aromatic rings. The zero-order valence-electron chi connectivity index (χ0n) is 10.3. The van der Waals surface area contributed by atoms with Crippen LogP contribution in [0.4, 0.5) is 4.39 Å². The van der Waals surface area contributed by atoms with E-state index in [1.165, 1.54) is 12.1 Å². The maximum absolute atomic E-state index is 13.2. The lowest BCUT2D eigenvalue weighted by Gasteiger charge is -2.13. The van der Waals surface area contributed by atoms with E-state index >= 15 is 0 Å². The summed E-state index contributed by atoms with van der Waals surface area (Å²) in [5.41, 5.74) is 8.83. The first kappa shape index (κ1) is 11.8. The molecule has 0 aliphatic rings. The highest BCUT2D eigenvalue weighted by atomic mass is 19.1. The molecule has 94 valence electrons. The molecule has 0 amide bonds. The van der Waals surface area contributed by atoms with E-state index in [9.17, 15) is 4.39 Å². The van der Waals surface area contributed by atoms with Gasteiger partial charge in [-0.15, -0.1) is 0 Å². The molecule has 0 aliphatic carbocycles. The molecule has 0 saturated carbocycles. The van der Waals surface area contributed by atoms with Crippen LogP contribution < -0.4 is 5.73 Å². The number of aromatic nitrogens is 1. The Kier molecular flexibility index (Phi) is 2.97.